The number of halogens is 4. The summed E-state index contributed by atoms with van der Waals surface area (Å²) in [6.07, 6.45) is -0.293. The van der Waals surface area contributed by atoms with Gasteiger partial charge in [0.15, 0.2) is 5.96 Å². The summed E-state index contributed by atoms with van der Waals surface area (Å²) in [5.41, 5.74) is 0.814. The molecule has 2 aromatic rings. The number of hydrogen-bond acceptors (Lipinski definition) is 4. The van der Waals surface area contributed by atoms with E-state index in [0.717, 1.165) is 6.42 Å². The Hall–Kier alpha value is -2.21. The molecule has 0 spiro atoms. The molecule has 0 bridgehead atoms. The summed E-state index contributed by atoms with van der Waals surface area (Å²) in [7, 11) is 0. The zero-order chi connectivity index (χ0) is 22.2. The van der Waals surface area contributed by atoms with Crippen LogP contribution >= 0.6 is 24.0 Å². The van der Waals surface area contributed by atoms with Gasteiger partial charge in [-0.3, -0.25) is 4.99 Å². The molecule has 1 aliphatic rings. The first kappa shape index (κ1) is 26.0. The third-order valence-electron chi connectivity index (χ3n) is 4.98. The predicted octanol–water partition coefficient (Wildman–Crippen LogP) is 3.91. The van der Waals surface area contributed by atoms with Gasteiger partial charge < -0.3 is 25.4 Å². The van der Waals surface area contributed by atoms with Gasteiger partial charge in [-0.15, -0.1) is 24.0 Å². The van der Waals surface area contributed by atoms with Crippen molar-refractivity contribution in [3.8, 4) is 5.75 Å². The minimum Gasteiger partial charge on any atom is -0.433 e. The van der Waals surface area contributed by atoms with Gasteiger partial charge in [0.25, 0.3) is 0 Å². The number of hydrogen-bond donors (Lipinski definition) is 3. The van der Waals surface area contributed by atoms with Crippen molar-refractivity contribution in [2.24, 2.45) is 4.99 Å². The number of aliphatic hydroxyl groups is 1. The number of alkyl halides is 2. The highest BCUT2D eigenvalue weighted by Gasteiger charge is 2.26. The number of aliphatic imine (C=N–C) groups is 1. The number of anilines is 1. The summed E-state index contributed by atoms with van der Waals surface area (Å²) in [6, 6.07) is 12.8. The van der Waals surface area contributed by atoms with Gasteiger partial charge in [-0.2, -0.15) is 8.78 Å². The largest absolute Gasteiger partial charge is 0.433 e. The molecule has 1 aliphatic heterocycles. The number of aliphatic hydroxyl groups excluding tert-OH is 1. The fourth-order valence-electron chi connectivity index (χ4n) is 3.55. The van der Waals surface area contributed by atoms with Crippen LogP contribution in [-0.4, -0.2) is 49.9 Å². The van der Waals surface area contributed by atoms with Crippen molar-refractivity contribution in [1.29, 1.82) is 0 Å². The molecule has 2 atom stereocenters. The van der Waals surface area contributed by atoms with E-state index in [1.165, 1.54) is 18.2 Å². The average molecular weight is 564 g/mol. The number of benzene rings is 2. The fraction of sp³-hybridized carbons (Fsp3) is 0.409. The SMILES string of the molecule is CCNC(=NCC(O)c1ccccc1F)NC1CCN(c2ccccc2OC(F)F)C1.I. The first-order valence-corrected chi connectivity index (χ1v) is 10.2. The topological polar surface area (TPSA) is 69.1 Å². The van der Waals surface area contributed by atoms with E-state index in [9.17, 15) is 18.3 Å². The lowest BCUT2D eigenvalue weighted by Crippen LogP contribution is -2.44. The number of nitrogens with zero attached hydrogens (tertiary/aromatic N) is 2. The number of rotatable bonds is 8. The zero-order valence-electron chi connectivity index (χ0n) is 17.7. The maximum absolute atomic E-state index is 13.9. The Labute approximate surface area is 202 Å². The van der Waals surface area contributed by atoms with Crippen molar-refractivity contribution in [2.45, 2.75) is 32.1 Å². The fourth-order valence-corrected chi connectivity index (χ4v) is 3.55. The van der Waals surface area contributed by atoms with Gasteiger partial charge in [-0.05, 0) is 31.5 Å². The Bertz CT molecular complexity index is 888. The number of guanidine groups is 1. The van der Waals surface area contributed by atoms with Gasteiger partial charge in [-0.25, -0.2) is 4.39 Å². The lowest BCUT2D eigenvalue weighted by molar-refractivity contribution is -0.0495. The molecule has 1 heterocycles. The number of para-hydroxylation sites is 2. The second kappa shape index (κ2) is 12.7. The van der Waals surface area contributed by atoms with E-state index in [4.69, 9.17) is 0 Å². The molecule has 6 nitrogen and oxygen atoms in total. The van der Waals surface area contributed by atoms with Crippen molar-refractivity contribution in [2.75, 3.05) is 31.1 Å². The highest BCUT2D eigenvalue weighted by atomic mass is 127. The van der Waals surface area contributed by atoms with Crippen LogP contribution in [0.4, 0.5) is 18.9 Å². The van der Waals surface area contributed by atoms with E-state index < -0.39 is 18.5 Å². The van der Waals surface area contributed by atoms with Crippen molar-refractivity contribution in [3.05, 3.63) is 59.9 Å². The van der Waals surface area contributed by atoms with Crippen molar-refractivity contribution in [3.63, 3.8) is 0 Å². The van der Waals surface area contributed by atoms with Crippen LogP contribution in [0.15, 0.2) is 53.5 Å². The van der Waals surface area contributed by atoms with Crippen molar-refractivity contribution < 1.29 is 23.0 Å². The molecule has 3 N–H and O–H groups in total. The molecule has 1 fully saturated rings. The van der Waals surface area contributed by atoms with Crippen LogP contribution in [0.3, 0.4) is 0 Å². The Morgan fingerprint density at radius 1 is 1.22 bits per heavy atom. The average Bonchev–Trinajstić information content (AvgIpc) is 3.20. The zero-order valence-corrected chi connectivity index (χ0v) is 20.0. The van der Waals surface area contributed by atoms with Crippen LogP contribution in [0.1, 0.15) is 25.0 Å². The Balaban J connectivity index is 0.00000363. The van der Waals surface area contributed by atoms with Gasteiger partial charge in [-0.1, -0.05) is 30.3 Å². The summed E-state index contributed by atoms with van der Waals surface area (Å²) in [5, 5.41) is 16.7. The first-order valence-electron chi connectivity index (χ1n) is 10.2. The lowest BCUT2D eigenvalue weighted by atomic mass is 10.1. The van der Waals surface area contributed by atoms with Crippen LogP contribution in [-0.2, 0) is 0 Å². The van der Waals surface area contributed by atoms with Gasteiger partial charge in [0.05, 0.1) is 12.2 Å². The molecule has 0 aromatic heterocycles. The number of ether oxygens (including phenoxy) is 1. The smallest absolute Gasteiger partial charge is 0.387 e. The molecule has 0 aliphatic carbocycles. The maximum Gasteiger partial charge on any atom is 0.387 e. The second-order valence-corrected chi connectivity index (χ2v) is 7.18. The van der Waals surface area contributed by atoms with E-state index in [1.807, 2.05) is 11.8 Å². The summed E-state index contributed by atoms with van der Waals surface area (Å²) in [4.78, 5) is 6.36. The van der Waals surface area contributed by atoms with Gasteiger partial charge in [0.1, 0.15) is 17.7 Å². The number of nitrogens with one attached hydrogen (secondary N) is 2. The van der Waals surface area contributed by atoms with E-state index in [-0.39, 0.29) is 47.9 Å². The monoisotopic (exact) mass is 564 g/mol. The van der Waals surface area contributed by atoms with E-state index in [0.29, 0.717) is 31.3 Å². The van der Waals surface area contributed by atoms with E-state index in [2.05, 4.69) is 20.4 Å². The molecule has 176 valence electrons. The van der Waals surface area contributed by atoms with Crippen molar-refractivity contribution in [1.82, 2.24) is 10.6 Å². The minimum atomic E-state index is -2.88. The molecular formula is C22H28F3IN4O2. The van der Waals surface area contributed by atoms with Crippen molar-refractivity contribution >= 4 is 35.6 Å². The quantitative estimate of drug-likeness (QED) is 0.258. The summed E-state index contributed by atoms with van der Waals surface area (Å²) in [5.74, 6) is 0.174. The third-order valence-corrected chi connectivity index (χ3v) is 4.98. The molecule has 10 heteroatoms. The molecular weight excluding hydrogens is 536 g/mol. The molecule has 0 saturated carbocycles. The van der Waals surface area contributed by atoms with Crippen LogP contribution < -0.4 is 20.3 Å². The minimum absolute atomic E-state index is 0. The Morgan fingerprint density at radius 2 is 1.94 bits per heavy atom. The molecule has 2 aromatic carbocycles. The molecule has 3 rings (SSSR count). The van der Waals surface area contributed by atoms with E-state index in [1.54, 1.807) is 30.3 Å². The van der Waals surface area contributed by atoms with E-state index >= 15 is 0 Å². The molecule has 0 amide bonds. The van der Waals surface area contributed by atoms with Crippen LogP contribution in [0.5, 0.6) is 5.75 Å². The summed E-state index contributed by atoms with van der Waals surface area (Å²) >= 11 is 0. The van der Waals surface area contributed by atoms with Gasteiger partial charge in [0.2, 0.25) is 0 Å². The predicted molar refractivity (Wildman–Crippen MR) is 130 cm³/mol. The lowest BCUT2D eigenvalue weighted by Gasteiger charge is -2.22. The molecule has 1 saturated heterocycles. The van der Waals surface area contributed by atoms with Gasteiger partial charge >= 0.3 is 6.61 Å². The highest BCUT2D eigenvalue weighted by Crippen LogP contribution is 2.31. The van der Waals surface area contributed by atoms with Gasteiger partial charge in [0, 0.05) is 31.2 Å². The molecule has 2 unspecified atom stereocenters. The van der Waals surface area contributed by atoms with Crippen LogP contribution in [0.2, 0.25) is 0 Å². The molecule has 32 heavy (non-hydrogen) atoms. The highest BCUT2D eigenvalue weighted by molar-refractivity contribution is 14.0. The second-order valence-electron chi connectivity index (χ2n) is 7.18. The standard InChI is InChI=1S/C22H27F3N4O2.HI/c1-2-26-22(27-13-19(30)16-7-3-4-8-17(16)23)28-15-11-12-29(14-15)18-9-5-6-10-20(18)31-21(24)25;/h3-10,15,19,21,30H,2,11-14H2,1H3,(H2,26,27,28);1H. The van der Waals surface area contributed by atoms with Crippen LogP contribution in [0, 0.1) is 5.82 Å². The summed E-state index contributed by atoms with van der Waals surface area (Å²) in [6.45, 7) is 0.887. The maximum atomic E-state index is 13.9. The van der Waals surface area contributed by atoms with Crippen LogP contribution in [0.25, 0.3) is 0 Å². The Kier molecular flexibility index (Phi) is 10.4. The third kappa shape index (κ3) is 7.16. The molecule has 0 radical (unpaired) electrons. The first-order chi connectivity index (χ1) is 15.0. The summed E-state index contributed by atoms with van der Waals surface area (Å²) < 4.78 is 43.9. The Morgan fingerprint density at radius 3 is 2.66 bits per heavy atom. The normalized spacial score (nSPS) is 17.1.